The van der Waals surface area contributed by atoms with Gasteiger partial charge >= 0.3 is 0 Å². The number of nitriles is 1. The molecule has 0 aliphatic carbocycles. The van der Waals surface area contributed by atoms with Crippen molar-refractivity contribution in [2.45, 2.75) is 13.1 Å². The Hall–Kier alpha value is -3.92. The topological polar surface area (TPSA) is 91.0 Å². The molecule has 0 fully saturated rings. The molecule has 7 nitrogen and oxygen atoms in total. The first-order chi connectivity index (χ1) is 14.0. The van der Waals surface area contributed by atoms with Crippen molar-refractivity contribution >= 4 is 22.7 Å². The first-order valence-electron chi connectivity index (χ1n) is 9.17. The van der Waals surface area contributed by atoms with Gasteiger partial charge in [0.2, 0.25) is 5.91 Å². The summed E-state index contributed by atoms with van der Waals surface area (Å²) < 4.78 is 1.66. The van der Waals surface area contributed by atoms with Gasteiger partial charge in [0.1, 0.15) is 6.54 Å². The number of likely N-dealkylation sites (N-methyl/N-ethyl adjacent to an activating group) is 1. The number of hydrogen-bond donors (Lipinski definition) is 1. The molecule has 2 heterocycles. The number of rotatable bonds is 5. The highest BCUT2D eigenvalue weighted by molar-refractivity contribution is 6.01. The minimum atomic E-state index is -0.125. The zero-order valence-corrected chi connectivity index (χ0v) is 16.0. The van der Waals surface area contributed by atoms with Crippen LogP contribution in [0.1, 0.15) is 15.9 Å². The molecule has 2 aromatic carbocycles. The van der Waals surface area contributed by atoms with Gasteiger partial charge in [-0.2, -0.15) is 10.4 Å². The van der Waals surface area contributed by atoms with Crippen molar-refractivity contribution in [3.63, 3.8) is 0 Å². The zero-order valence-electron chi connectivity index (χ0n) is 16.0. The van der Waals surface area contributed by atoms with E-state index in [1.54, 1.807) is 22.8 Å². The Bertz CT molecular complexity index is 1200. The predicted molar refractivity (Wildman–Crippen MR) is 109 cm³/mol. The summed E-state index contributed by atoms with van der Waals surface area (Å²) in [6, 6.07) is 13.6. The molecule has 0 radical (unpaired) electrons. The van der Waals surface area contributed by atoms with Crippen molar-refractivity contribution in [3.8, 4) is 17.2 Å². The molecule has 1 N–H and O–H groups in total. The maximum absolute atomic E-state index is 12.7. The lowest BCUT2D eigenvalue weighted by molar-refractivity contribution is -0.121. The fraction of sp³-hybridized carbons (Fsp3) is 0.182. The van der Waals surface area contributed by atoms with Gasteiger partial charge in [-0.3, -0.25) is 14.3 Å². The standard InChI is InChI=1S/C22H19N5O2/c1-14(9-23)11-26-12-19-17(4-3-5-18(19)22(26)29)15-6-7-16-10-25-27(20(16)8-15)13-21(28)24-2/h3-8,10H,1,11-13H2,2H3,(H,24,28). The second-order valence-electron chi connectivity index (χ2n) is 6.96. The molecule has 2 amide bonds. The van der Waals surface area contributed by atoms with E-state index in [2.05, 4.69) is 17.0 Å². The summed E-state index contributed by atoms with van der Waals surface area (Å²) >= 11 is 0. The Morgan fingerprint density at radius 1 is 1.28 bits per heavy atom. The van der Waals surface area contributed by atoms with E-state index in [-0.39, 0.29) is 24.9 Å². The molecule has 0 spiro atoms. The van der Waals surface area contributed by atoms with Crippen LogP contribution in [0.25, 0.3) is 22.0 Å². The van der Waals surface area contributed by atoms with E-state index in [0.29, 0.717) is 17.7 Å². The normalized spacial score (nSPS) is 12.7. The summed E-state index contributed by atoms with van der Waals surface area (Å²) in [5.41, 5.74) is 4.68. The maximum Gasteiger partial charge on any atom is 0.254 e. The number of fused-ring (bicyclic) bond motifs is 2. The number of benzene rings is 2. The molecule has 144 valence electrons. The van der Waals surface area contributed by atoms with Gasteiger partial charge in [0.25, 0.3) is 5.91 Å². The van der Waals surface area contributed by atoms with Crippen LogP contribution in [0.4, 0.5) is 0 Å². The van der Waals surface area contributed by atoms with Crippen LogP contribution in [0.15, 0.2) is 54.7 Å². The lowest BCUT2D eigenvalue weighted by atomic mass is 9.96. The van der Waals surface area contributed by atoms with Gasteiger partial charge in [0.05, 0.1) is 24.3 Å². The Morgan fingerprint density at radius 3 is 2.83 bits per heavy atom. The van der Waals surface area contributed by atoms with E-state index in [1.807, 2.05) is 42.5 Å². The summed E-state index contributed by atoms with van der Waals surface area (Å²) in [7, 11) is 1.59. The minimum absolute atomic E-state index is 0.0935. The second kappa shape index (κ2) is 7.24. The summed E-state index contributed by atoms with van der Waals surface area (Å²) in [5.74, 6) is -0.219. The molecule has 3 aromatic rings. The van der Waals surface area contributed by atoms with Crippen molar-refractivity contribution < 1.29 is 9.59 Å². The van der Waals surface area contributed by atoms with Crippen LogP contribution in [0, 0.1) is 11.3 Å². The minimum Gasteiger partial charge on any atom is -0.358 e. The Balaban J connectivity index is 1.74. The third-order valence-electron chi connectivity index (χ3n) is 5.11. The summed E-state index contributed by atoms with van der Waals surface area (Å²) in [5, 5.41) is 16.8. The van der Waals surface area contributed by atoms with Crippen molar-refractivity contribution in [1.29, 1.82) is 5.26 Å². The van der Waals surface area contributed by atoms with E-state index < -0.39 is 0 Å². The van der Waals surface area contributed by atoms with Gasteiger partial charge < -0.3 is 10.2 Å². The molecule has 29 heavy (non-hydrogen) atoms. The molecule has 1 aromatic heterocycles. The molecular weight excluding hydrogens is 366 g/mol. The number of nitrogens with zero attached hydrogens (tertiary/aromatic N) is 4. The van der Waals surface area contributed by atoms with Crippen LogP contribution in [-0.2, 0) is 17.9 Å². The highest BCUT2D eigenvalue weighted by Crippen LogP contribution is 2.34. The molecule has 1 aliphatic heterocycles. The molecule has 7 heteroatoms. The highest BCUT2D eigenvalue weighted by atomic mass is 16.2. The SMILES string of the molecule is C=C(C#N)CN1Cc2c(cccc2-c2ccc3cnn(CC(=O)NC)c3c2)C1=O. The molecule has 0 atom stereocenters. The van der Waals surface area contributed by atoms with Gasteiger partial charge in [0, 0.05) is 30.1 Å². The summed E-state index contributed by atoms with van der Waals surface area (Å²) in [6.45, 7) is 4.48. The quantitative estimate of drug-likeness (QED) is 0.683. The number of carbonyl (C=O) groups is 2. The van der Waals surface area contributed by atoms with E-state index in [0.717, 1.165) is 27.6 Å². The van der Waals surface area contributed by atoms with Gasteiger partial charge in [0.15, 0.2) is 0 Å². The van der Waals surface area contributed by atoms with Crippen LogP contribution in [-0.4, -0.2) is 40.1 Å². The second-order valence-corrected chi connectivity index (χ2v) is 6.96. The number of carbonyl (C=O) groups excluding carboxylic acids is 2. The third kappa shape index (κ3) is 3.25. The van der Waals surface area contributed by atoms with Crippen molar-refractivity contribution in [1.82, 2.24) is 20.0 Å². The number of aromatic nitrogens is 2. The van der Waals surface area contributed by atoms with Crippen molar-refractivity contribution in [2.75, 3.05) is 13.6 Å². The number of nitrogens with one attached hydrogen (secondary N) is 1. The molecular formula is C22H19N5O2. The molecule has 0 saturated heterocycles. The van der Waals surface area contributed by atoms with E-state index in [4.69, 9.17) is 5.26 Å². The van der Waals surface area contributed by atoms with Gasteiger partial charge in [-0.15, -0.1) is 0 Å². The fourth-order valence-corrected chi connectivity index (χ4v) is 3.63. The lowest BCUT2D eigenvalue weighted by Gasteiger charge is -2.14. The van der Waals surface area contributed by atoms with Crippen LogP contribution in [0.3, 0.4) is 0 Å². The maximum atomic E-state index is 12.7. The van der Waals surface area contributed by atoms with Crippen LogP contribution in [0.2, 0.25) is 0 Å². The Labute approximate surface area is 167 Å². The zero-order chi connectivity index (χ0) is 20.5. The molecule has 0 bridgehead atoms. The Kier molecular flexibility index (Phi) is 4.61. The van der Waals surface area contributed by atoms with E-state index in [1.165, 1.54) is 0 Å². The van der Waals surface area contributed by atoms with E-state index >= 15 is 0 Å². The van der Waals surface area contributed by atoms with Crippen molar-refractivity contribution in [2.24, 2.45) is 0 Å². The van der Waals surface area contributed by atoms with Crippen LogP contribution >= 0.6 is 0 Å². The first kappa shape index (κ1) is 18.4. The largest absolute Gasteiger partial charge is 0.358 e. The molecule has 0 unspecified atom stereocenters. The lowest BCUT2D eigenvalue weighted by Crippen LogP contribution is -2.25. The molecule has 1 aliphatic rings. The van der Waals surface area contributed by atoms with Crippen LogP contribution < -0.4 is 5.32 Å². The summed E-state index contributed by atoms with van der Waals surface area (Å²) in [4.78, 5) is 26.1. The monoisotopic (exact) mass is 385 g/mol. The van der Waals surface area contributed by atoms with Crippen molar-refractivity contribution in [3.05, 3.63) is 65.9 Å². The Morgan fingerprint density at radius 2 is 2.07 bits per heavy atom. The predicted octanol–water partition coefficient (Wildman–Crippen LogP) is 2.48. The highest BCUT2D eigenvalue weighted by Gasteiger charge is 2.29. The summed E-state index contributed by atoms with van der Waals surface area (Å²) in [6.07, 6.45) is 1.73. The average molecular weight is 385 g/mol. The smallest absolute Gasteiger partial charge is 0.254 e. The molecule has 4 rings (SSSR count). The van der Waals surface area contributed by atoms with E-state index in [9.17, 15) is 9.59 Å². The average Bonchev–Trinajstić information content (AvgIpc) is 3.28. The van der Waals surface area contributed by atoms with Gasteiger partial charge in [-0.05, 0) is 28.8 Å². The number of hydrogen-bond acceptors (Lipinski definition) is 4. The molecule has 0 saturated carbocycles. The van der Waals surface area contributed by atoms with Gasteiger partial charge in [-0.25, -0.2) is 0 Å². The van der Waals surface area contributed by atoms with Crippen LogP contribution in [0.5, 0.6) is 0 Å². The number of amides is 2. The van der Waals surface area contributed by atoms with Gasteiger partial charge in [-0.1, -0.05) is 30.8 Å². The third-order valence-corrected chi connectivity index (χ3v) is 5.11. The first-order valence-corrected chi connectivity index (χ1v) is 9.17. The fourth-order valence-electron chi connectivity index (χ4n) is 3.63.